The molecule has 7 heteroatoms. The van der Waals surface area contributed by atoms with E-state index in [1.165, 1.54) is 0 Å². The summed E-state index contributed by atoms with van der Waals surface area (Å²) in [6, 6.07) is 0.369. The molecule has 110 valence electrons. The van der Waals surface area contributed by atoms with Crippen LogP contribution in [0.4, 0.5) is 11.9 Å². The highest BCUT2D eigenvalue weighted by Gasteiger charge is 2.35. The van der Waals surface area contributed by atoms with Gasteiger partial charge in [0.05, 0.1) is 18.3 Å². The van der Waals surface area contributed by atoms with Crippen molar-refractivity contribution in [1.82, 2.24) is 15.0 Å². The lowest BCUT2D eigenvalue weighted by molar-refractivity contribution is 0.0298. The second-order valence-corrected chi connectivity index (χ2v) is 5.52. The van der Waals surface area contributed by atoms with Crippen LogP contribution >= 0.6 is 0 Å². The number of hydrogen-bond donors (Lipinski definition) is 1. The van der Waals surface area contributed by atoms with E-state index in [2.05, 4.69) is 25.2 Å². The molecule has 1 aromatic rings. The first-order chi connectivity index (χ1) is 9.64. The fraction of sp³-hybridized carbons (Fsp3) is 0.769. The smallest absolute Gasteiger partial charge is 0.323 e. The summed E-state index contributed by atoms with van der Waals surface area (Å²) in [5.74, 6) is 1.20. The van der Waals surface area contributed by atoms with Gasteiger partial charge in [-0.25, -0.2) is 0 Å². The minimum Gasteiger partial charge on any atom is -0.461 e. The molecule has 1 aromatic heterocycles. The molecule has 3 rings (SSSR count). The van der Waals surface area contributed by atoms with Gasteiger partial charge in [-0.15, -0.1) is 0 Å². The zero-order valence-electron chi connectivity index (χ0n) is 12.2. The molecule has 2 bridgehead atoms. The molecular formula is C13H21N5O2. The Morgan fingerprint density at radius 1 is 1.20 bits per heavy atom. The van der Waals surface area contributed by atoms with Gasteiger partial charge in [0.15, 0.2) is 0 Å². The Hall–Kier alpha value is -1.63. The summed E-state index contributed by atoms with van der Waals surface area (Å²) in [4.78, 5) is 15.3. The third-order valence-electron chi connectivity index (χ3n) is 3.49. The number of morpholine rings is 1. The molecular weight excluding hydrogens is 258 g/mol. The molecule has 0 aliphatic carbocycles. The lowest BCUT2D eigenvalue weighted by Gasteiger charge is -2.32. The highest BCUT2D eigenvalue weighted by Crippen LogP contribution is 2.28. The Labute approximate surface area is 118 Å². The van der Waals surface area contributed by atoms with Crippen LogP contribution in [0.25, 0.3) is 0 Å². The van der Waals surface area contributed by atoms with Gasteiger partial charge >= 0.3 is 6.01 Å². The molecule has 2 fully saturated rings. The van der Waals surface area contributed by atoms with Crippen LogP contribution in [-0.2, 0) is 4.74 Å². The number of hydrogen-bond acceptors (Lipinski definition) is 7. The predicted octanol–water partition coefficient (Wildman–Crippen LogP) is 1.07. The van der Waals surface area contributed by atoms with Crippen LogP contribution in [0.15, 0.2) is 0 Å². The zero-order chi connectivity index (χ0) is 14.1. The van der Waals surface area contributed by atoms with Gasteiger partial charge in [-0.05, 0) is 26.7 Å². The van der Waals surface area contributed by atoms with Gasteiger partial charge in [0.25, 0.3) is 0 Å². The Balaban J connectivity index is 1.84. The van der Waals surface area contributed by atoms with Crippen molar-refractivity contribution in [2.45, 2.75) is 45.0 Å². The average molecular weight is 279 g/mol. The molecule has 0 spiro atoms. The molecule has 7 nitrogen and oxygen atoms in total. The largest absolute Gasteiger partial charge is 0.461 e. The van der Waals surface area contributed by atoms with Gasteiger partial charge in [-0.1, -0.05) is 0 Å². The first kappa shape index (κ1) is 13.4. The van der Waals surface area contributed by atoms with Crippen LogP contribution in [0, 0.1) is 0 Å². The van der Waals surface area contributed by atoms with Crippen molar-refractivity contribution in [3.05, 3.63) is 0 Å². The minimum atomic E-state index is 0.0378. The van der Waals surface area contributed by atoms with Crippen molar-refractivity contribution < 1.29 is 9.47 Å². The van der Waals surface area contributed by atoms with Crippen LogP contribution in [0.3, 0.4) is 0 Å². The lowest BCUT2D eigenvalue weighted by atomic mass is 10.2. The summed E-state index contributed by atoms with van der Waals surface area (Å²) in [7, 11) is 1.79. The number of rotatable bonds is 4. The summed E-state index contributed by atoms with van der Waals surface area (Å²) in [5.41, 5.74) is 0. The second kappa shape index (κ2) is 5.40. The van der Waals surface area contributed by atoms with Gasteiger partial charge in [0.1, 0.15) is 0 Å². The van der Waals surface area contributed by atoms with Crippen LogP contribution in [-0.4, -0.2) is 53.4 Å². The SMILES string of the molecule is CNc1nc(OC(C)C)nc(N2CC3CCC(C2)O3)n1. The summed E-state index contributed by atoms with van der Waals surface area (Å²) >= 11 is 0. The van der Waals surface area contributed by atoms with E-state index in [1.807, 2.05) is 13.8 Å². The number of fused-ring (bicyclic) bond motifs is 2. The normalized spacial score (nSPS) is 25.1. The van der Waals surface area contributed by atoms with E-state index in [4.69, 9.17) is 9.47 Å². The number of nitrogens with one attached hydrogen (secondary N) is 1. The topological polar surface area (TPSA) is 72.4 Å². The first-order valence-corrected chi connectivity index (χ1v) is 7.15. The zero-order valence-corrected chi connectivity index (χ0v) is 12.2. The highest BCUT2D eigenvalue weighted by molar-refractivity contribution is 5.39. The molecule has 2 unspecified atom stereocenters. The van der Waals surface area contributed by atoms with Gasteiger partial charge in [0, 0.05) is 20.1 Å². The first-order valence-electron chi connectivity index (χ1n) is 7.15. The van der Waals surface area contributed by atoms with E-state index in [9.17, 15) is 0 Å². The maximum absolute atomic E-state index is 5.84. The third-order valence-corrected chi connectivity index (χ3v) is 3.49. The van der Waals surface area contributed by atoms with E-state index in [0.717, 1.165) is 25.9 Å². The Morgan fingerprint density at radius 3 is 2.50 bits per heavy atom. The van der Waals surface area contributed by atoms with E-state index in [0.29, 0.717) is 30.1 Å². The van der Waals surface area contributed by atoms with E-state index in [1.54, 1.807) is 7.05 Å². The van der Waals surface area contributed by atoms with Crippen LogP contribution in [0.5, 0.6) is 6.01 Å². The molecule has 0 aromatic carbocycles. The molecule has 1 N–H and O–H groups in total. The quantitative estimate of drug-likeness (QED) is 0.883. The molecule has 2 aliphatic rings. The molecule has 2 aliphatic heterocycles. The number of aromatic nitrogens is 3. The van der Waals surface area contributed by atoms with Gasteiger partial charge in [-0.2, -0.15) is 15.0 Å². The van der Waals surface area contributed by atoms with Crippen molar-refractivity contribution in [2.24, 2.45) is 0 Å². The van der Waals surface area contributed by atoms with Crippen molar-refractivity contribution in [2.75, 3.05) is 30.4 Å². The van der Waals surface area contributed by atoms with Crippen LogP contribution in [0.1, 0.15) is 26.7 Å². The molecule has 20 heavy (non-hydrogen) atoms. The molecule has 0 radical (unpaired) electrons. The third kappa shape index (κ3) is 2.77. The summed E-state index contributed by atoms with van der Waals surface area (Å²) in [5, 5.41) is 2.96. The summed E-state index contributed by atoms with van der Waals surface area (Å²) < 4.78 is 11.4. The maximum Gasteiger partial charge on any atom is 0.323 e. The highest BCUT2D eigenvalue weighted by atomic mass is 16.5. The summed E-state index contributed by atoms with van der Waals surface area (Å²) in [6.07, 6.45) is 2.90. The Kier molecular flexibility index (Phi) is 3.60. The maximum atomic E-state index is 5.84. The van der Waals surface area contributed by atoms with Crippen molar-refractivity contribution in [3.8, 4) is 6.01 Å². The summed E-state index contributed by atoms with van der Waals surface area (Å²) in [6.45, 7) is 5.59. The van der Waals surface area contributed by atoms with Gasteiger partial charge in [0.2, 0.25) is 11.9 Å². The molecule has 0 saturated carbocycles. The van der Waals surface area contributed by atoms with E-state index in [-0.39, 0.29) is 6.10 Å². The van der Waals surface area contributed by atoms with Crippen LogP contribution in [0.2, 0.25) is 0 Å². The molecule has 2 saturated heterocycles. The van der Waals surface area contributed by atoms with Crippen LogP contribution < -0.4 is 15.0 Å². The van der Waals surface area contributed by atoms with Crippen molar-refractivity contribution in [1.29, 1.82) is 0 Å². The number of anilines is 2. The Morgan fingerprint density at radius 2 is 1.90 bits per heavy atom. The lowest BCUT2D eigenvalue weighted by Crippen LogP contribution is -2.43. The van der Waals surface area contributed by atoms with Crippen molar-refractivity contribution >= 4 is 11.9 Å². The number of ether oxygens (including phenoxy) is 2. The fourth-order valence-electron chi connectivity index (χ4n) is 2.64. The Bertz CT molecular complexity index is 470. The monoisotopic (exact) mass is 279 g/mol. The van der Waals surface area contributed by atoms with Gasteiger partial charge < -0.3 is 19.7 Å². The fourth-order valence-corrected chi connectivity index (χ4v) is 2.64. The molecule has 2 atom stereocenters. The number of nitrogens with zero attached hydrogens (tertiary/aromatic N) is 4. The second-order valence-electron chi connectivity index (χ2n) is 5.52. The predicted molar refractivity (Wildman–Crippen MR) is 75.2 cm³/mol. The average Bonchev–Trinajstić information content (AvgIpc) is 2.76. The van der Waals surface area contributed by atoms with E-state index >= 15 is 0 Å². The van der Waals surface area contributed by atoms with E-state index < -0.39 is 0 Å². The van der Waals surface area contributed by atoms with Gasteiger partial charge in [-0.3, -0.25) is 0 Å². The minimum absolute atomic E-state index is 0.0378. The molecule has 0 amide bonds. The standard InChI is InChI=1S/C13H21N5O2/c1-8(2)19-13-16-11(14-3)15-12(17-13)18-6-9-4-5-10(7-18)20-9/h8-10H,4-7H2,1-3H3,(H,14,15,16,17). The van der Waals surface area contributed by atoms with Crippen molar-refractivity contribution in [3.63, 3.8) is 0 Å². The molecule has 3 heterocycles.